The number of hydrogen-bond donors (Lipinski definition) is 0. The van der Waals surface area contributed by atoms with Crippen molar-refractivity contribution >= 4 is 17.6 Å². The van der Waals surface area contributed by atoms with Gasteiger partial charge in [0.2, 0.25) is 5.91 Å². The number of benzene rings is 1. The number of carbonyl (C=O) groups is 2. The molecule has 1 saturated heterocycles. The molecule has 1 aliphatic heterocycles. The van der Waals surface area contributed by atoms with Gasteiger partial charge in [0, 0.05) is 32.3 Å². The van der Waals surface area contributed by atoms with Gasteiger partial charge >= 0.3 is 5.97 Å². The first kappa shape index (κ1) is 17.6. The number of rotatable bonds is 4. The molecule has 1 aliphatic carbocycles. The molecule has 4 rings (SSSR count). The van der Waals surface area contributed by atoms with E-state index in [2.05, 4.69) is 5.10 Å². The van der Waals surface area contributed by atoms with E-state index in [1.165, 1.54) is 17.0 Å². The molecule has 1 aromatic heterocycles. The number of amides is 1. The lowest BCUT2D eigenvalue weighted by Gasteiger charge is -2.35. The Kier molecular flexibility index (Phi) is 4.41. The molecule has 2 aliphatic rings. The first-order valence-electron chi connectivity index (χ1n) is 8.84. The summed E-state index contributed by atoms with van der Waals surface area (Å²) >= 11 is 0. The molecule has 27 heavy (non-hydrogen) atoms. The van der Waals surface area contributed by atoms with Crippen LogP contribution in [0.2, 0.25) is 0 Å². The minimum atomic E-state index is -0.606. The van der Waals surface area contributed by atoms with E-state index < -0.39 is 23.5 Å². The van der Waals surface area contributed by atoms with Gasteiger partial charge in [-0.2, -0.15) is 5.10 Å². The number of halogens is 2. The highest BCUT2D eigenvalue weighted by molar-refractivity contribution is 5.99. The van der Waals surface area contributed by atoms with E-state index in [4.69, 9.17) is 4.74 Å². The van der Waals surface area contributed by atoms with Crippen LogP contribution in [0.3, 0.4) is 0 Å². The average molecular weight is 375 g/mol. The molecule has 1 unspecified atom stereocenters. The van der Waals surface area contributed by atoms with Gasteiger partial charge in [-0.25, -0.2) is 8.78 Å². The van der Waals surface area contributed by atoms with Crippen molar-refractivity contribution in [3.63, 3.8) is 0 Å². The van der Waals surface area contributed by atoms with Crippen LogP contribution in [0.5, 0.6) is 0 Å². The van der Waals surface area contributed by atoms with Crippen molar-refractivity contribution in [1.29, 1.82) is 0 Å². The Morgan fingerprint density at radius 1 is 1.22 bits per heavy atom. The number of nitrogens with zero attached hydrogens (tertiary/aromatic N) is 3. The van der Waals surface area contributed by atoms with Crippen LogP contribution in [0.25, 0.3) is 0 Å². The quantitative estimate of drug-likeness (QED) is 0.771. The fourth-order valence-corrected chi connectivity index (χ4v) is 3.67. The molecule has 142 valence electrons. The van der Waals surface area contributed by atoms with Gasteiger partial charge in [-0.3, -0.25) is 14.3 Å². The molecule has 1 saturated carbocycles. The first-order valence-corrected chi connectivity index (χ1v) is 8.84. The second-order valence-electron chi connectivity index (χ2n) is 7.21. The Labute approximate surface area is 154 Å². The first-order chi connectivity index (χ1) is 12.9. The van der Waals surface area contributed by atoms with Gasteiger partial charge in [-0.1, -0.05) is 0 Å². The molecular weight excluding hydrogens is 356 g/mol. The van der Waals surface area contributed by atoms with Crippen LogP contribution in [0.1, 0.15) is 30.7 Å². The van der Waals surface area contributed by atoms with Gasteiger partial charge in [0.05, 0.1) is 17.8 Å². The highest BCUT2D eigenvalue weighted by Gasteiger charge is 2.40. The fraction of sp³-hybridized carbons (Fsp3) is 0.421. The topological polar surface area (TPSA) is 64.4 Å². The summed E-state index contributed by atoms with van der Waals surface area (Å²) in [6.45, 7) is 0.272. The molecule has 2 fully saturated rings. The predicted molar refractivity (Wildman–Crippen MR) is 91.9 cm³/mol. The summed E-state index contributed by atoms with van der Waals surface area (Å²) in [4.78, 5) is 26.1. The number of ether oxygens (including phenoxy) is 1. The Bertz CT molecular complexity index is 872. The third-order valence-electron chi connectivity index (χ3n) is 5.20. The van der Waals surface area contributed by atoms with Crippen molar-refractivity contribution in [3.8, 4) is 0 Å². The van der Waals surface area contributed by atoms with Gasteiger partial charge in [-0.15, -0.1) is 0 Å². The van der Waals surface area contributed by atoms with Crippen molar-refractivity contribution in [2.45, 2.75) is 31.3 Å². The molecule has 1 atom stereocenters. The second kappa shape index (κ2) is 6.75. The number of hydrogen-bond acceptors (Lipinski definition) is 4. The average Bonchev–Trinajstić information content (AvgIpc) is 3.15. The highest BCUT2D eigenvalue weighted by Crippen LogP contribution is 2.40. The standard InChI is InChI=1S/C19H19F2N3O3/c1-23-10-16(8-22-23)24-9-13(6-18(24)25)19(26)27-17-4-12(5-17)11-2-14(20)7-15(21)3-11/h2-3,7-8,10,12-13,17H,4-6,9H2,1H3. The zero-order valence-corrected chi connectivity index (χ0v) is 14.8. The normalized spacial score (nSPS) is 24.8. The molecule has 0 spiro atoms. The summed E-state index contributed by atoms with van der Waals surface area (Å²) in [6.07, 6.45) is 4.19. The number of anilines is 1. The van der Waals surface area contributed by atoms with Crippen molar-refractivity contribution < 1.29 is 23.1 Å². The van der Waals surface area contributed by atoms with Crippen molar-refractivity contribution in [2.75, 3.05) is 11.4 Å². The molecular formula is C19H19F2N3O3. The summed E-state index contributed by atoms with van der Waals surface area (Å²) in [5, 5.41) is 4.04. The third-order valence-corrected chi connectivity index (χ3v) is 5.20. The van der Waals surface area contributed by atoms with Crippen LogP contribution in [0, 0.1) is 17.6 Å². The van der Waals surface area contributed by atoms with Crippen molar-refractivity contribution in [2.24, 2.45) is 13.0 Å². The van der Waals surface area contributed by atoms with E-state index in [1.807, 2.05) is 0 Å². The number of carbonyl (C=O) groups excluding carboxylic acids is 2. The maximum absolute atomic E-state index is 13.3. The maximum Gasteiger partial charge on any atom is 0.311 e. The zero-order valence-electron chi connectivity index (χ0n) is 14.8. The molecule has 0 radical (unpaired) electrons. The third kappa shape index (κ3) is 3.56. The van der Waals surface area contributed by atoms with Gasteiger partial charge in [0.1, 0.15) is 17.7 Å². The minimum absolute atomic E-state index is 0.0231. The van der Waals surface area contributed by atoms with E-state index in [0.29, 0.717) is 24.1 Å². The molecule has 1 amide bonds. The van der Waals surface area contributed by atoms with Gasteiger partial charge in [0.15, 0.2) is 0 Å². The summed E-state index contributed by atoms with van der Waals surface area (Å²) < 4.78 is 33.7. The zero-order chi connectivity index (χ0) is 19.1. The smallest absolute Gasteiger partial charge is 0.311 e. The molecule has 8 heteroatoms. The summed E-state index contributed by atoms with van der Waals surface area (Å²) in [7, 11) is 1.76. The predicted octanol–water partition coefficient (Wildman–Crippen LogP) is 2.54. The van der Waals surface area contributed by atoms with Crippen LogP contribution in [0.4, 0.5) is 14.5 Å². The second-order valence-corrected chi connectivity index (χ2v) is 7.21. The summed E-state index contributed by atoms with van der Waals surface area (Å²) in [5.41, 5.74) is 1.24. The van der Waals surface area contributed by atoms with Crippen molar-refractivity contribution in [1.82, 2.24) is 9.78 Å². The van der Waals surface area contributed by atoms with Crippen LogP contribution in [0.15, 0.2) is 30.6 Å². The SMILES string of the molecule is Cn1cc(N2CC(C(=O)OC3CC(c4cc(F)cc(F)c4)C3)CC2=O)cn1. The van der Waals surface area contributed by atoms with Crippen LogP contribution < -0.4 is 4.90 Å². The largest absolute Gasteiger partial charge is 0.462 e. The Morgan fingerprint density at radius 3 is 2.56 bits per heavy atom. The monoisotopic (exact) mass is 375 g/mol. The van der Waals surface area contributed by atoms with E-state index in [-0.39, 0.29) is 30.9 Å². The lowest BCUT2D eigenvalue weighted by molar-refractivity contribution is -0.158. The molecule has 0 bridgehead atoms. The van der Waals surface area contributed by atoms with Crippen LogP contribution >= 0.6 is 0 Å². The fourth-order valence-electron chi connectivity index (χ4n) is 3.67. The van der Waals surface area contributed by atoms with E-state index in [1.54, 1.807) is 24.1 Å². The summed E-state index contributed by atoms with van der Waals surface area (Å²) in [5.74, 6) is -2.28. The van der Waals surface area contributed by atoms with E-state index in [9.17, 15) is 18.4 Å². The van der Waals surface area contributed by atoms with Crippen LogP contribution in [-0.4, -0.2) is 34.3 Å². The number of esters is 1. The molecule has 1 aromatic carbocycles. The van der Waals surface area contributed by atoms with Gasteiger partial charge < -0.3 is 9.64 Å². The lowest BCUT2D eigenvalue weighted by atomic mass is 9.77. The van der Waals surface area contributed by atoms with Gasteiger partial charge in [0.25, 0.3) is 0 Å². The Balaban J connectivity index is 1.31. The summed E-state index contributed by atoms with van der Waals surface area (Å²) in [6, 6.07) is 3.46. The maximum atomic E-state index is 13.3. The van der Waals surface area contributed by atoms with E-state index in [0.717, 1.165) is 6.07 Å². The minimum Gasteiger partial charge on any atom is -0.462 e. The Hall–Kier alpha value is -2.77. The van der Waals surface area contributed by atoms with Crippen molar-refractivity contribution in [3.05, 3.63) is 47.8 Å². The molecule has 0 N–H and O–H groups in total. The van der Waals surface area contributed by atoms with Crippen LogP contribution in [-0.2, 0) is 21.4 Å². The van der Waals surface area contributed by atoms with Gasteiger partial charge in [-0.05, 0) is 36.5 Å². The van der Waals surface area contributed by atoms with E-state index >= 15 is 0 Å². The number of aryl methyl sites for hydroxylation is 1. The molecule has 2 aromatic rings. The Morgan fingerprint density at radius 2 is 1.93 bits per heavy atom. The lowest BCUT2D eigenvalue weighted by Crippen LogP contribution is -2.35. The highest BCUT2D eigenvalue weighted by atomic mass is 19.1. The molecule has 6 nitrogen and oxygen atoms in total. The number of aromatic nitrogens is 2. The molecule has 2 heterocycles.